The molecular formula is C27H29N9. The zero-order valence-corrected chi connectivity index (χ0v) is 20.3. The summed E-state index contributed by atoms with van der Waals surface area (Å²) in [5.41, 5.74) is 3.86. The van der Waals surface area contributed by atoms with Crippen LogP contribution in [0.3, 0.4) is 0 Å². The third-order valence-corrected chi connectivity index (χ3v) is 6.55. The molecule has 9 nitrogen and oxygen atoms in total. The molecule has 182 valence electrons. The number of nitrogens with zero attached hydrogens (tertiary/aromatic N) is 7. The van der Waals surface area contributed by atoms with E-state index in [1.54, 1.807) is 18.5 Å². The minimum absolute atomic E-state index is 0.514. The van der Waals surface area contributed by atoms with Crippen LogP contribution in [-0.4, -0.2) is 62.0 Å². The second kappa shape index (κ2) is 9.87. The predicted molar refractivity (Wildman–Crippen MR) is 142 cm³/mol. The van der Waals surface area contributed by atoms with Crippen LogP contribution >= 0.6 is 0 Å². The van der Waals surface area contributed by atoms with Crippen LogP contribution in [0.15, 0.2) is 67.0 Å². The van der Waals surface area contributed by atoms with E-state index in [4.69, 9.17) is 0 Å². The number of hydrogen-bond donors (Lipinski definition) is 2. The molecule has 3 aromatic heterocycles. The van der Waals surface area contributed by atoms with Crippen molar-refractivity contribution in [2.75, 3.05) is 41.7 Å². The summed E-state index contributed by atoms with van der Waals surface area (Å²) in [4.78, 5) is 27.5. The Morgan fingerprint density at radius 1 is 0.750 bits per heavy atom. The first kappa shape index (κ1) is 22.4. The third kappa shape index (κ3) is 5.26. The fourth-order valence-electron chi connectivity index (χ4n) is 4.51. The Kier molecular flexibility index (Phi) is 6.13. The van der Waals surface area contributed by atoms with Gasteiger partial charge in [0.05, 0.1) is 0 Å². The van der Waals surface area contributed by atoms with Crippen molar-refractivity contribution in [2.24, 2.45) is 0 Å². The van der Waals surface area contributed by atoms with Crippen LogP contribution in [0, 0.1) is 6.92 Å². The Morgan fingerprint density at radius 3 is 2.25 bits per heavy atom. The lowest BCUT2D eigenvalue weighted by atomic mass is 10.2. The molecule has 0 bridgehead atoms. The second-order valence-corrected chi connectivity index (χ2v) is 9.25. The minimum atomic E-state index is 0.514. The molecule has 2 aliphatic rings. The Labute approximate surface area is 210 Å². The van der Waals surface area contributed by atoms with Gasteiger partial charge < -0.3 is 15.5 Å². The largest absolute Gasteiger partial charge is 0.369 e. The molecule has 9 heteroatoms. The highest BCUT2D eigenvalue weighted by molar-refractivity contribution is 5.62. The lowest BCUT2D eigenvalue weighted by Crippen LogP contribution is -2.47. The number of aromatic nitrogens is 5. The zero-order valence-electron chi connectivity index (χ0n) is 20.3. The number of pyridine rings is 1. The van der Waals surface area contributed by atoms with Gasteiger partial charge in [-0.05, 0) is 68.3 Å². The van der Waals surface area contributed by atoms with Gasteiger partial charge >= 0.3 is 0 Å². The molecule has 1 saturated carbocycles. The Hall–Kier alpha value is -4.11. The quantitative estimate of drug-likeness (QED) is 0.400. The standard InChI is InChI=1S/C27H29N9/c1-19-3-2-4-23(30-19)26-28-13-11-24(33-26)32-25-12-14-29-27(34-25)31-20-5-7-21(8-6-20)35-15-17-36(18-16-35)22-9-10-22/h2-8,11-14,22H,9-10,15-18H2,1H3,(H2,28,29,31,32,33,34). The van der Waals surface area contributed by atoms with Crippen molar-refractivity contribution in [2.45, 2.75) is 25.8 Å². The lowest BCUT2D eigenvalue weighted by molar-refractivity contribution is 0.248. The summed E-state index contributed by atoms with van der Waals surface area (Å²) >= 11 is 0. The summed E-state index contributed by atoms with van der Waals surface area (Å²) in [5, 5.41) is 6.54. The van der Waals surface area contributed by atoms with E-state index in [-0.39, 0.29) is 0 Å². The SMILES string of the molecule is Cc1cccc(-c2nccc(Nc3ccnc(Nc4ccc(N5CCN(C6CC6)CC5)cc4)n3)n2)n1. The van der Waals surface area contributed by atoms with Crippen molar-refractivity contribution in [1.82, 2.24) is 29.8 Å². The van der Waals surface area contributed by atoms with E-state index in [9.17, 15) is 0 Å². The first-order chi connectivity index (χ1) is 17.7. The molecule has 0 radical (unpaired) electrons. The van der Waals surface area contributed by atoms with Crippen molar-refractivity contribution >= 4 is 29.0 Å². The van der Waals surface area contributed by atoms with Gasteiger partial charge in [-0.3, -0.25) is 4.90 Å². The summed E-state index contributed by atoms with van der Waals surface area (Å²) in [5.74, 6) is 2.35. The van der Waals surface area contributed by atoms with E-state index in [2.05, 4.69) is 69.6 Å². The highest BCUT2D eigenvalue weighted by Gasteiger charge is 2.31. The number of benzene rings is 1. The fourth-order valence-corrected chi connectivity index (χ4v) is 4.51. The maximum Gasteiger partial charge on any atom is 0.229 e. The van der Waals surface area contributed by atoms with E-state index in [0.717, 1.165) is 49.3 Å². The number of nitrogens with one attached hydrogen (secondary N) is 2. The van der Waals surface area contributed by atoms with Crippen LogP contribution < -0.4 is 15.5 Å². The average molecular weight is 480 g/mol. The van der Waals surface area contributed by atoms with Crippen LogP contribution in [0.4, 0.5) is 29.0 Å². The molecule has 4 heterocycles. The number of rotatable bonds is 7. The molecule has 0 atom stereocenters. The van der Waals surface area contributed by atoms with E-state index in [0.29, 0.717) is 23.4 Å². The van der Waals surface area contributed by atoms with Gasteiger partial charge in [-0.2, -0.15) is 4.98 Å². The molecular weight excluding hydrogens is 450 g/mol. The summed E-state index contributed by atoms with van der Waals surface area (Å²) in [6.07, 6.45) is 6.19. The van der Waals surface area contributed by atoms with Crippen LogP contribution in [0.25, 0.3) is 11.5 Å². The number of piperazine rings is 1. The zero-order chi connectivity index (χ0) is 24.3. The molecule has 0 unspecified atom stereocenters. The molecule has 1 aliphatic heterocycles. The van der Waals surface area contributed by atoms with Crippen molar-refractivity contribution < 1.29 is 0 Å². The van der Waals surface area contributed by atoms with E-state index >= 15 is 0 Å². The van der Waals surface area contributed by atoms with Gasteiger partial charge in [-0.1, -0.05) is 6.07 Å². The van der Waals surface area contributed by atoms with E-state index in [1.807, 2.05) is 31.2 Å². The highest BCUT2D eigenvalue weighted by Crippen LogP contribution is 2.29. The van der Waals surface area contributed by atoms with Crippen molar-refractivity contribution in [3.63, 3.8) is 0 Å². The van der Waals surface area contributed by atoms with Crippen LogP contribution in [-0.2, 0) is 0 Å². The first-order valence-corrected chi connectivity index (χ1v) is 12.4. The Morgan fingerprint density at radius 2 is 1.50 bits per heavy atom. The molecule has 1 aromatic carbocycles. The van der Waals surface area contributed by atoms with Gasteiger partial charge in [-0.15, -0.1) is 0 Å². The summed E-state index contributed by atoms with van der Waals surface area (Å²) in [6.45, 7) is 6.45. The molecule has 4 aromatic rings. The number of aryl methyl sites for hydroxylation is 1. The molecule has 2 fully saturated rings. The molecule has 6 rings (SSSR count). The lowest BCUT2D eigenvalue weighted by Gasteiger charge is -2.36. The van der Waals surface area contributed by atoms with Gasteiger partial charge in [0.25, 0.3) is 0 Å². The molecule has 0 amide bonds. The van der Waals surface area contributed by atoms with Crippen LogP contribution in [0.1, 0.15) is 18.5 Å². The number of hydrogen-bond acceptors (Lipinski definition) is 9. The van der Waals surface area contributed by atoms with Crippen molar-refractivity contribution in [1.29, 1.82) is 0 Å². The maximum atomic E-state index is 4.60. The highest BCUT2D eigenvalue weighted by atomic mass is 15.3. The van der Waals surface area contributed by atoms with Crippen molar-refractivity contribution in [3.8, 4) is 11.5 Å². The average Bonchev–Trinajstić information content (AvgIpc) is 3.76. The van der Waals surface area contributed by atoms with Crippen molar-refractivity contribution in [3.05, 3.63) is 72.7 Å². The third-order valence-electron chi connectivity index (χ3n) is 6.55. The monoisotopic (exact) mass is 479 g/mol. The minimum Gasteiger partial charge on any atom is -0.369 e. The van der Waals surface area contributed by atoms with Gasteiger partial charge in [0.1, 0.15) is 17.3 Å². The second-order valence-electron chi connectivity index (χ2n) is 9.25. The molecule has 1 saturated heterocycles. The first-order valence-electron chi connectivity index (χ1n) is 12.4. The Balaban J connectivity index is 1.10. The fraction of sp³-hybridized carbons (Fsp3) is 0.296. The van der Waals surface area contributed by atoms with E-state index < -0.39 is 0 Å². The van der Waals surface area contributed by atoms with Crippen LogP contribution in [0.2, 0.25) is 0 Å². The summed E-state index contributed by atoms with van der Waals surface area (Å²) < 4.78 is 0. The topological polar surface area (TPSA) is 95.0 Å². The smallest absolute Gasteiger partial charge is 0.229 e. The summed E-state index contributed by atoms with van der Waals surface area (Å²) in [6, 6.07) is 18.8. The molecule has 36 heavy (non-hydrogen) atoms. The van der Waals surface area contributed by atoms with Gasteiger partial charge in [-0.25, -0.2) is 19.9 Å². The normalized spacial score (nSPS) is 16.1. The van der Waals surface area contributed by atoms with Gasteiger partial charge in [0.2, 0.25) is 5.95 Å². The van der Waals surface area contributed by atoms with Crippen LogP contribution in [0.5, 0.6) is 0 Å². The number of anilines is 5. The van der Waals surface area contributed by atoms with Gasteiger partial charge in [0.15, 0.2) is 5.82 Å². The maximum absolute atomic E-state index is 4.60. The molecule has 2 N–H and O–H groups in total. The Bertz CT molecular complexity index is 1330. The molecule has 0 spiro atoms. The van der Waals surface area contributed by atoms with Gasteiger partial charge in [0, 0.05) is 61.7 Å². The van der Waals surface area contributed by atoms with E-state index in [1.165, 1.54) is 18.5 Å². The summed E-state index contributed by atoms with van der Waals surface area (Å²) in [7, 11) is 0. The molecule has 1 aliphatic carbocycles. The predicted octanol–water partition coefficient (Wildman–Crippen LogP) is 4.41.